The van der Waals surface area contributed by atoms with Gasteiger partial charge in [0.2, 0.25) is 0 Å². The number of ether oxygens (including phenoxy) is 1. The van der Waals surface area contributed by atoms with Gasteiger partial charge in [-0.05, 0) is 35.4 Å². The SMILES string of the molecule is COC(=O)C(NCc1ccc(F)cc1)c1ccc(F)cc1. The van der Waals surface area contributed by atoms with Gasteiger partial charge >= 0.3 is 5.97 Å². The lowest BCUT2D eigenvalue weighted by Crippen LogP contribution is -2.29. The number of hydrogen-bond donors (Lipinski definition) is 1. The van der Waals surface area contributed by atoms with Gasteiger partial charge < -0.3 is 4.74 Å². The first-order valence-corrected chi connectivity index (χ1v) is 6.41. The summed E-state index contributed by atoms with van der Waals surface area (Å²) >= 11 is 0. The van der Waals surface area contributed by atoms with Gasteiger partial charge in [0.25, 0.3) is 0 Å². The van der Waals surface area contributed by atoms with Crippen LogP contribution in [0, 0.1) is 11.6 Å². The molecule has 0 saturated carbocycles. The minimum Gasteiger partial charge on any atom is -0.468 e. The molecule has 0 amide bonds. The molecule has 0 aliphatic heterocycles. The van der Waals surface area contributed by atoms with Gasteiger partial charge in [-0.25, -0.2) is 13.6 Å². The molecule has 0 fully saturated rings. The highest BCUT2D eigenvalue weighted by Gasteiger charge is 2.20. The summed E-state index contributed by atoms with van der Waals surface area (Å²) in [6, 6.07) is 10.9. The van der Waals surface area contributed by atoms with E-state index >= 15 is 0 Å². The van der Waals surface area contributed by atoms with Crippen LogP contribution in [0.5, 0.6) is 0 Å². The number of esters is 1. The molecule has 0 saturated heterocycles. The van der Waals surface area contributed by atoms with Crippen LogP contribution in [0.25, 0.3) is 0 Å². The summed E-state index contributed by atoms with van der Waals surface area (Å²) in [7, 11) is 1.29. The molecular formula is C16H15F2NO2. The minimum atomic E-state index is -0.708. The van der Waals surface area contributed by atoms with E-state index in [1.807, 2.05) is 0 Å². The topological polar surface area (TPSA) is 38.3 Å². The lowest BCUT2D eigenvalue weighted by molar-refractivity contribution is -0.143. The van der Waals surface area contributed by atoms with Gasteiger partial charge in [-0.3, -0.25) is 5.32 Å². The van der Waals surface area contributed by atoms with Gasteiger partial charge in [-0.1, -0.05) is 24.3 Å². The highest BCUT2D eigenvalue weighted by Crippen LogP contribution is 2.16. The maximum atomic E-state index is 12.9. The quantitative estimate of drug-likeness (QED) is 0.861. The van der Waals surface area contributed by atoms with Gasteiger partial charge in [0.05, 0.1) is 7.11 Å². The number of carbonyl (C=O) groups is 1. The molecule has 2 aromatic carbocycles. The summed E-state index contributed by atoms with van der Waals surface area (Å²) in [6.07, 6.45) is 0. The average molecular weight is 291 g/mol. The van der Waals surface area contributed by atoms with Crippen molar-refractivity contribution in [3.8, 4) is 0 Å². The Hall–Kier alpha value is -2.27. The summed E-state index contributed by atoms with van der Waals surface area (Å²) in [5, 5.41) is 3.02. The van der Waals surface area contributed by atoms with Crippen LogP contribution in [-0.2, 0) is 16.1 Å². The molecule has 0 aliphatic carbocycles. The number of nitrogens with one attached hydrogen (secondary N) is 1. The molecule has 0 aromatic heterocycles. The Bertz CT molecular complexity index is 597. The molecule has 2 aromatic rings. The Morgan fingerprint density at radius 3 is 2.10 bits per heavy atom. The van der Waals surface area contributed by atoms with Crippen molar-refractivity contribution in [2.45, 2.75) is 12.6 Å². The number of methoxy groups -OCH3 is 1. The van der Waals surface area contributed by atoms with Gasteiger partial charge in [-0.15, -0.1) is 0 Å². The molecule has 3 nitrogen and oxygen atoms in total. The molecule has 1 unspecified atom stereocenters. The predicted molar refractivity (Wildman–Crippen MR) is 74.4 cm³/mol. The number of halogens is 2. The zero-order valence-corrected chi connectivity index (χ0v) is 11.5. The van der Waals surface area contributed by atoms with Gasteiger partial charge in [0, 0.05) is 6.54 Å². The number of hydrogen-bond acceptors (Lipinski definition) is 3. The van der Waals surface area contributed by atoms with Crippen LogP contribution >= 0.6 is 0 Å². The molecule has 2 rings (SSSR count). The van der Waals surface area contributed by atoms with Gasteiger partial charge in [0.1, 0.15) is 17.7 Å². The summed E-state index contributed by atoms with van der Waals surface area (Å²) in [5.74, 6) is -1.16. The van der Waals surface area contributed by atoms with Crippen LogP contribution in [0.4, 0.5) is 8.78 Å². The lowest BCUT2D eigenvalue weighted by Gasteiger charge is -2.17. The minimum absolute atomic E-state index is 0.318. The van der Waals surface area contributed by atoms with Crippen LogP contribution in [0.2, 0.25) is 0 Å². The highest BCUT2D eigenvalue weighted by molar-refractivity contribution is 5.77. The second-order valence-corrected chi connectivity index (χ2v) is 4.52. The van der Waals surface area contributed by atoms with E-state index in [1.165, 1.54) is 43.5 Å². The summed E-state index contributed by atoms with van der Waals surface area (Å²) in [4.78, 5) is 11.8. The predicted octanol–water partition coefficient (Wildman–Crippen LogP) is 2.97. The smallest absolute Gasteiger partial charge is 0.327 e. The molecule has 0 bridgehead atoms. The van der Waals surface area contributed by atoms with E-state index in [9.17, 15) is 13.6 Å². The lowest BCUT2D eigenvalue weighted by atomic mass is 10.1. The molecule has 1 N–H and O–H groups in total. The Kier molecular flexibility index (Phi) is 5.00. The standard InChI is InChI=1S/C16H15F2NO2/c1-21-16(20)15(12-4-8-14(18)9-5-12)19-10-11-2-6-13(17)7-3-11/h2-9,15,19H,10H2,1H3. The number of carbonyl (C=O) groups excluding carboxylic acids is 1. The van der Waals surface area contributed by atoms with Crippen LogP contribution < -0.4 is 5.32 Å². The molecule has 0 heterocycles. The second kappa shape index (κ2) is 6.95. The zero-order valence-electron chi connectivity index (χ0n) is 11.5. The summed E-state index contributed by atoms with van der Waals surface area (Å²) in [6.45, 7) is 0.359. The molecular weight excluding hydrogens is 276 g/mol. The van der Waals surface area contributed by atoms with Crippen LogP contribution in [0.1, 0.15) is 17.2 Å². The first-order valence-electron chi connectivity index (χ1n) is 6.41. The van der Waals surface area contributed by atoms with Crippen molar-refractivity contribution in [1.29, 1.82) is 0 Å². The molecule has 21 heavy (non-hydrogen) atoms. The van der Waals surface area contributed by atoms with Crippen molar-refractivity contribution in [3.05, 3.63) is 71.3 Å². The van der Waals surface area contributed by atoms with Crippen LogP contribution in [-0.4, -0.2) is 13.1 Å². The Balaban J connectivity index is 2.11. The first kappa shape index (κ1) is 15.1. The fraction of sp³-hybridized carbons (Fsp3) is 0.188. The zero-order chi connectivity index (χ0) is 15.2. The third-order valence-corrected chi connectivity index (χ3v) is 3.06. The monoisotopic (exact) mass is 291 g/mol. The van der Waals surface area contributed by atoms with Crippen molar-refractivity contribution in [2.75, 3.05) is 7.11 Å². The average Bonchev–Trinajstić information content (AvgIpc) is 2.50. The van der Waals surface area contributed by atoms with Crippen molar-refractivity contribution in [3.63, 3.8) is 0 Å². The number of benzene rings is 2. The molecule has 0 radical (unpaired) electrons. The van der Waals surface area contributed by atoms with E-state index < -0.39 is 12.0 Å². The largest absolute Gasteiger partial charge is 0.468 e. The Labute approximate surface area is 121 Å². The van der Waals surface area contributed by atoms with E-state index in [4.69, 9.17) is 4.74 Å². The fourth-order valence-corrected chi connectivity index (χ4v) is 1.93. The van der Waals surface area contributed by atoms with Crippen LogP contribution in [0.15, 0.2) is 48.5 Å². The first-order chi connectivity index (χ1) is 10.1. The maximum Gasteiger partial charge on any atom is 0.327 e. The van der Waals surface area contributed by atoms with E-state index in [1.54, 1.807) is 12.1 Å². The second-order valence-electron chi connectivity index (χ2n) is 4.52. The van der Waals surface area contributed by atoms with Crippen molar-refractivity contribution in [1.82, 2.24) is 5.32 Å². The van der Waals surface area contributed by atoms with E-state index in [2.05, 4.69) is 5.32 Å². The Morgan fingerprint density at radius 1 is 1.05 bits per heavy atom. The Morgan fingerprint density at radius 2 is 1.57 bits per heavy atom. The van der Waals surface area contributed by atoms with E-state index in [-0.39, 0.29) is 11.6 Å². The van der Waals surface area contributed by atoms with E-state index in [0.717, 1.165) is 5.56 Å². The van der Waals surface area contributed by atoms with Gasteiger partial charge in [-0.2, -0.15) is 0 Å². The molecule has 0 aliphatic rings. The molecule has 5 heteroatoms. The van der Waals surface area contributed by atoms with Crippen LogP contribution in [0.3, 0.4) is 0 Å². The normalized spacial score (nSPS) is 12.0. The molecule has 0 spiro atoms. The highest BCUT2D eigenvalue weighted by atomic mass is 19.1. The summed E-state index contributed by atoms with van der Waals surface area (Å²) < 4.78 is 30.5. The third kappa shape index (κ3) is 4.10. The third-order valence-electron chi connectivity index (χ3n) is 3.06. The van der Waals surface area contributed by atoms with Gasteiger partial charge in [0.15, 0.2) is 0 Å². The van der Waals surface area contributed by atoms with E-state index in [0.29, 0.717) is 12.1 Å². The number of rotatable bonds is 5. The summed E-state index contributed by atoms with van der Waals surface area (Å²) in [5.41, 5.74) is 1.43. The maximum absolute atomic E-state index is 12.9. The van der Waals surface area contributed by atoms with Crippen molar-refractivity contribution in [2.24, 2.45) is 0 Å². The fourth-order valence-electron chi connectivity index (χ4n) is 1.93. The molecule has 110 valence electrons. The van der Waals surface area contributed by atoms with Crippen molar-refractivity contribution < 1.29 is 18.3 Å². The van der Waals surface area contributed by atoms with Crippen molar-refractivity contribution >= 4 is 5.97 Å². The molecule has 1 atom stereocenters.